The summed E-state index contributed by atoms with van der Waals surface area (Å²) >= 11 is 0. The van der Waals surface area contributed by atoms with Gasteiger partial charge in [0.05, 0.1) is 11.4 Å². The van der Waals surface area contributed by atoms with Crippen molar-refractivity contribution in [1.82, 2.24) is 5.32 Å². The quantitative estimate of drug-likeness (QED) is 0.230. The van der Waals surface area contributed by atoms with E-state index in [1.54, 1.807) is 67.6 Å². The third-order valence-electron chi connectivity index (χ3n) is 5.58. The Morgan fingerprint density at radius 1 is 1.05 bits per heavy atom. The highest BCUT2D eigenvalue weighted by atomic mass is 19.1. The molecule has 3 amide bonds. The molecule has 0 saturated carbocycles. The van der Waals surface area contributed by atoms with Crippen LogP contribution in [0.2, 0.25) is 0 Å². The molecule has 0 heterocycles. The van der Waals surface area contributed by atoms with Crippen LogP contribution in [0.5, 0.6) is 5.75 Å². The van der Waals surface area contributed by atoms with Gasteiger partial charge in [-0.25, -0.2) is 9.18 Å². The Bertz CT molecular complexity index is 1280. The van der Waals surface area contributed by atoms with Crippen molar-refractivity contribution < 1.29 is 28.6 Å². The van der Waals surface area contributed by atoms with Crippen LogP contribution < -0.4 is 16.4 Å². The summed E-state index contributed by atoms with van der Waals surface area (Å²) in [5.41, 5.74) is 7.37. The van der Waals surface area contributed by atoms with Gasteiger partial charge in [0.15, 0.2) is 11.6 Å². The van der Waals surface area contributed by atoms with Crippen LogP contribution >= 0.6 is 0 Å². The molecule has 192 valence electrons. The minimum atomic E-state index is -0.991. The number of aromatic hydroxyl groups is 1. The van der Waals surface area contributed by atoms with Gasteiger partial charge in [0.25, 0.3) is 5.91 Å². The normalized spacial score (nSPS) is 12.5. The van der Waals surface area contributed by atoms with Crippen LogP contribution in [-0.2, 0) is 9.53 Å². The number of carbonyl (C=O) groups is 3. The first-order valence-corrected chi connectivity index (χ1v) is 11.6. The maximum Gasteiger partial charge on any atom is 0.414 e. The third-order valence-corrected chi connectivity index (χ3v) is 5.58. The summed E-state index contributed by atoms with van der Waals surface area (Å²) in [6.07, 6.45) is 2.03. The van der Waals surface area contributed by atoms with Gasteiger partial charge in [0.1, 0.15) is 6.10 Å². The van der Waals surface area contributed by atoms with E-state index in [0.717, 1.165) is 6.07 Å². The lowest BCUT2D eigenvalue weighted by atomic mass is 9.93. The molecule has 0 bridgehead atoms. The maximum atomic E-state index is 14.0. The summed E-state index contributed by atoms with van der Waals surface area (Å²) in [6.45, 7) is 1.79. The fraction of sp³-hybridized carbons (Fsp3) is 0.179. The Hall–Kier alpha value is -4.66. The van der Waals surface area contributed by atoms with Gasteiger partial charge in [0, 0.05) is 5.56 Å². The van der Waals surface area contributed by atoms with E-state index in [9.17, 15) is 23.9 Å². The summed E-state index contributed by atoms with van der Waals surface area (Å²) in [4.78, 5) is 37.0. The summed E-state index contributed by atoms with van der Waals surface area (Å²) in [5.74, 6) is -2.72. The molecule has 37 heavy (non-hydrogen) atoms. The SMILES string of the molecule is C[C@H](CC/C=C/C(=O)Nc1ccccc1N)[C@H](OC(=O)NC(=O)c1ccccc1)c1ccc(O)c(F)c1. The largest absolute Gasteiger partial charge is 0.505 e. The maximum absolute atomic E-state index is 14.0. The van der Waals surface area contributed by atoms with Crippen molar-refractivity contribution in [3.8, 4) is 5.75 Å². The summed E-state index contributed by atoms with van der Waals surface area (Å²) in [7, 11) is 0. The van der Waals surface area contributed by atoms with Crippen LogP contribution in [0.3, 0.4) is 0 Å². The van der Waals surface area contributed by atoms with Gasteiger partial charge in [0.2, 0.25) is 5.91 Å². The highest BCUT2D eigenvalue weighted by molar-refractivity contribution is 6.03. The Labute approximate surface area is 214 Å². The van der Waals surface area contributed by atoms with Crippen LogP contribution in [0.4, 0.5) is 20.6 Å². The number of amides is 3. The summed E-state index contributed by atoms with van der Waals surface area (Å²) in [5, 5.41) is 14.4. The number of allylic oxidation sites excluding steroid dienone is 1. The molecule has 0 aliphatic carbocycles. The molecule has 0 aliphatic heterocycles. The fourth-order valence-electron chi connectivity index (χ4n) is 3.60. The molecule has 0 saturated heterocycles. The molecular formula is C28H28FN3O5. The molecule has 0 unspecified atom stereocenters. The molecule has 0 radical (unpaired) electrons. The minimum Gasteiger partial charge on any atom is -0.505 e. The second-order valence-electron chi connectivity index (χ2n) is 8.39. The van der Waals surface area contributed by atoms with E-state index in [-0.39, 0.29) is 17.4 Å². The Morgan fingerprint density at radius 2 is 1.76 bits per heavy atom. The molecule has 9 heteroatoms. The molecule has 0 aliphatic rings. The molecule has 5 N–H and O–H groups in total. The van der Waals surface area contributed by atoms with Gasteiger partial charge in [-0.3, -0.25) is 14.9 Å². The number of phenols is 1. The minimum absolute atomic E-state index is 0.278. The number of nitrogens with two attached hydrogens (primary N) is 1. The molecule has 0 aromatic heterocycles. The second-order valence-corrected chi connectivity index (χ2v) is 8.39. The van der Waals surface area contributed by atoms with E-state index >= 15 is 0 Å². The third kappa shape index (κ3) is 7.93. The van der Waals surface area contributed by atoms with E-state index in [4.69, 9.17) is 10.5 Å². The van der Waals surface area contributed by atoms with Crippen molar-refractivity contribution in [3.63, 3.8) is 0 Å². The molecule has 0 fully saturated rings. The topological polar surface area (TPSA) is 131 Å². The van der Waals surface area contributed by atoms with Gasteiger partial charge in [-0.2, -0.15) is 0 Å². The lowest BCUT2D eigenvalue weighted by Crippen LogP contribution is -2.33. The molecular weight excluding hydrogens is 477 g/mol. The molecule has 2 atom stereocenters. The van der Waals surface area contributed by atoms with E-state index < -0.39 is 29.7 Å². The van der Waals surface area contributed by atoms with Crippen LogP contribution in [0.1, 0.15) is 41.8 Å². The van der Waals surface area contributed by atoms with Crippen LogP contribution in [0.25, 0.3) is 0 Å². The molecule has 3 rings (SSSR count). The number of phenolic OH excluding ortho intramolecular Hbond substituents is 1. The Balaban J connectivity index is 1.63. The molecule has 3 aromatic rings. The van der Waals surface area contributed by atoms with E-state index in [1.807, 2.05) is 0 Å². The van der Waals surface area contributed by atoms with Crippen molar-refractivity contribution >= 4 is 29.3 Å². The number of para-hydroxylation sites is 2. The summed E-state index contributed by atoms with van der Waals surface area (Å²) < 4.78 is 19.6. The Morgan fingerprint density at radius 3 is 2.46 bits per heavy atom. The number of hydrogen-bond acceptors (Lipinski definition) is 6. The monoisotopic (exact) mass is 505 g/mol. The van der Waals surface area contributed by atoms with Gasteiger partial charge >= 0.3 is 6.09 Å². The number of ether oxygens (including phenoxy) is 1. The standard InChI is InChI=1S/C28H28FN3O5/c1-18(9-5-8-14-25(34)31-23-13-7-6-12-22(23)30)26(20-15-16-24(33)21(29)17-20)37-28(36)32-27(35)19-10-3-2-4-11-19/h2-4,6-8,10-18,26,33H,5,9,30H2,1H3,(H,31,34)(H,32,35,36)/b14-8+/t18-,26+/m1/s1. The predicted octanol–water partition coefficient (Wildman–Crippen LogP) is 5.33. The number of alkyl carbamates (subject to hydrolysis) is 1. The lowest BCUT2D eigenvalue weighted by Gasteiger charge is -2.24. The number of imide groups is 1. The smallest absolute Gasteiger partial charge is 0.414 e. The van der Waals surface area contributed by atoms with E-state index in [2.05, 4.69) is 10.6 Å². The number of benzene rings is 3. The lowest BCUT2D eigenvalue weighted by molar-refractivity contribution is -0.111. The van der Waals surface area contributed by atoms with Crippen LogP contribution in [-0.4, -0.2) is 23.0 Å². The van der Waals surface area contributed by atoms with Crippen molar-refractivity contribution in [2.45, 2.75) is 25.9 Å². The first kappa shape index (κ1) is 26.9. The number of halogens is 1. The van der Waals surface area contributed by atoms with Gasteiger partial charge in [-0.1, -0.05) is 49.4 Å². The van der Waals surface area contributed by atoms with Crippen molar-refractivity contribution in [2.75, 3.05) is 11.1 Å². The second kappa shape index (κ2) is 12.9. The zero-order valence-electron chi connectivity index (χ0n) is 20.2. The number of nitrogens with one attached hydrogen (secondary N) is 2. The average Bonchev–Trinajstić information content (AvgIpc) is 2.88. The van der Waals surface area contributed by atoms with Gasteiger partial charge in [-0.05, 0) is 66.8 Å². The van der Waals surface area contributed by atoms with Crippen LogP contribution in [0, 0.1) is 11.7 Å². The average molecular weight is 506 g/mol. The fourth-order valence-corrected chi connectivity index (χ4v) is 3.60. The zero-order chi connectivity index (χ0) is 26.8. The molecule has 0 spiro atoms. The van der Waals surface area contributed by atoms with Crippen molar-refractivity contribution in [3.05, 3.63) is 102 Å². The van der Waals surface area contributed by atoms with Crippen LogP contribution in [0.15, 0.2) is 84.9 Å². The molecule has 8 nitrogen and oxygen atoms in total. The molecule has 3 aromatic carbocycles. The van der Waals surface area contributed by atoms with E-state index in [1.165, 1.54) is 18.2 Å². The highest BCUT2D eigenvalue weighted by Crippen LogP contribution is 2.32. The Kier molecular flexibility index (Phi) is 9.37. The number of carbonyl (C=O) groups excluding carboxylic acids is 3. The van der Waals surface area contributed by atoms with Crippen molar-refractivity contribution in [1.29, 1.82) is 0 Å². The predicted molar refractivity (Wildman–Crippen MR) is 138 cm³/mol. The summed E-state index contributed by atoms with van der Waals surface area (Å²) in [6, 6.07) is 18.7. The first-order chi connectivity index (χ1) is 17.7. The zero-order valence-corrected chi connectivity index (χ0v) is 20.2. The first-order valence-electron chi connectivity index (χ1n) is 11.6. The number of hydrogen-bond donors (Lipinski definition) is 4. The number of rotatable bonds is 9. The number of nitrogen functional groups attached to an aromatic ring is 1. The van der Waals surface area contributed by atoms with Gasteiger partial charge in [-0.15, -0.1) is 0 Å². The van der Waals surface area contributed by atoms with Gasteiger partial charge < -0.3 is 20.9 Å². The van der Waals surface area contributed by atoms with E-state index in [0.29, 0.717) is 29.8 Å². The highest BCUT2D eigenvalue weighted by Gasteiger charge is 2.25. The number of anilines is 2. The van der Waals surface area contributed by atoms with Crippen molar-refractivity contribution in [2.24, 2.45) is 5.92 Å².